The van der Waals surface area contributed by atoms with Gasteiger partial charge in [-0.15, -0.1) is 11.3 Å². The standard InChI is InChI=1S/C22H19NO3S/c24-22(23-13-12-17-9-6-14-27-17)21-19(15-25-16-7-2-1-3-8-16)18-10-4-5-11-20(18)26-21/h1-11,14H,12-13,15H2,(H,23,24). The number of carbonyl (C=O) groups is 1. The zero-order chi connectivity index (χ0) is 18.5. The summed E-state index contributed by atoms with van der Waals surface area (Å²) in [7, 11) is 0. The van der Waals surface area contributed by atoms with Gasteiger partial charge >= 0.3 is 0 Å². The van der Waals surface area contributed by atoms with E-state index >= 15 is 0 Å². The molecule has 0 aliphatic carbocycles. The van der Waals surface area contributed by atoms with Crippen LogP contribution in [-0.2, 0) is 13.0 Å². The Labute approximate surface area is 161 Å². The van der Waals surface area contributed by atoms with Crippen LogP contribution in [0.3, 0.4) is 0 Å². The summed E-state index contributed by atoms with van der Waals surface area (Å²) >= 11 is 1.69. The Morgan fingerprint density at radius 2 is 1.81 bits per heavy atom. The van der Waals surface area contributed by atoms with E-state index in [1.165, 1.54) is 4.88 Å². The van der Waals surface area contributed by atoms with Gasteiger partial charge in [0, 0.05) is 22.4 Å². The van der Waals surface area contributed by atoms with E-state index in [0.29, 0.717) is 17.9 Å². The number of benzene rings is 2. The largest absolute Gasteiger partial charge is 0.489 e. The van der Waals surface area contributed by atoms with Crippen LogP contribution < -0.4 is 10.1 Å². The van der Waals surface area contributed by atoms with Gasteiger partial charge in [0.05, 0.1) is 0 Å². The molecule has 0 fully saturated rings. The number of amides is 1. The summed E-state index contributed by atoms with van der Waals surface area (Å²) in [6.07, 6.45) is 0.805. The molecular formula is C22H19NO3S. The molecule has 1 amide bonds. The highest BCUT2D eigenvalue weighted by molar-refractivity contribution is 7.09. The molecule has 2 aromatic carbocycles. The Bertz CT molecular complexity index is 1020. The van der Waals surface area contributed by atoms with Crippen LogP contribution >= 0.6 is 11.3 Å². The Balaban J connectivity index is 1.52. The number of hydrogen-bond donors (Lipinski definition) is 1. The van der Waals surface area contributed by atoms with Crippen molar-refractivity contribution in [1.82, 2.24) is 5.32 Å². The van der Waals surface area contributed by atoms with Crippen molar-refractivity contribution < 1.29 is 13.9 Å². The SMILES string of the molecule is O=C(NCCc1cccs1)c1oc2ccccc2c1COc1ccccc1. The molecular weight excluding hydrogens is 358 g/mol. The van der Waals surface area contributed by atoms with E-state index in [9.17, 15) is 4.79 Å². The van der Waals surface area contributed by atoms with Crippen LogP contribution in [-0.4, -0.2) is 12.5 Å². The van der Waals surface area contributed by atoms with E-state index in [-0.39, 0.29) is 12.5 Å². The average molecular weight is 377 g/mol. The summed E-state index contributed by atoms with van der Waals surface area (Å²) in [5.74, 6) is 0.861. The van der Waals surface area contributed by atoms with Crippen LogP contribution in [0.4, 0.5) is 0 Å². The third-order valence-corrected chi connectivity index (χ3v) is 5.20. The molecule has 0 aliphatic rings. The van der Waals surface area contributed by atoms with Crippen molar-refractivity contribution in [3.63, 3.8) is 0 Å². The predicted molar refractivity (Wildman–Crippen MR) is 107 cm³/mol. The van der Waals surface area contributed by atoms with Gasteiger partial charge in [-0.3, -0.25) is 4.79 Å². The normalized spacial score (nSPS) is 10.8. The van der Waals surface area contributed by atoms with E-state index in [2.05, 4.69) is 11.4 Å². The van der Waals surface area contributed by atoms with Crippen molar-refractivity contribution in [2.75, 3.05) is 6.54 Å². The number of nitrogens with one attached hydrogen (secondary N) is 1. The van der Waals surface area contributed by atoms with Crippen LogP contribution in [0.1, 0.15) is 21.0 Å². The van der Waals surface area contributed by atoms with E-state index in [1.807, 2.05) is 66.0 Å². The molecule has 0 atom stereocenters. The monoisotopic (exact) mass is 377 g/mol. The van der Waals surface area contributed by atoms with Gasteiger partial charge in [-0.2, -0.15) is 0 Å². The minimum absolute atomic E-state index is 0.214. The van der Waals surface area contributed by atoms with Gasteiger partial charge in [0.2, 0.25) is 0 Å². The van der Waals surface area contributed by atoms with E-state index in [4.69, 9.17) is 9.15 Å². The molecule has 0 spiro atoms. The van der Waals surface area contributed by atoms with Crippen molar-refractivity contribution >= 4 is 28.2 Å². The third kappa shape index (κ3) is 4.04. The van der Waals surface area contributed by atoms with E-state index < -0.39 is 0 Å². The zero-order valence-electron chi connectivity index (χ0n) is 14.7. The van der Waals surface area contributed by atoms with Gasteiger partial charge in [-0.05, 0) is 36.1 Å². The van der Waals surface area contributed by atoms with Gasteiger partial charge in [-0.25, -0.2) is 0 Å². The van der Waals surface area contributed by atoms with E-state index in [0.717, 1.165) is 23.1 Å². The highest BCUT2D eigenvalue weighted by Crippen LogP contribution is 2.27. The molecule has 0 radical (unpaired) electrons. The second kappa shape index (κ2) is 8.10. The number of carbonyl (C=O) groups excluding carboxylic acids is 1. The van der Waals surface area contributed by atoms with E-state index in [1.54, 1.807) is 11.3 Å². The topological polar surface area (TPSA) is 51.5 Å². The summed E-state index contributed by atoms with van der Waals surface area (Å²) in [6.45, 7) is 0.837. The zero-order valence-corrected chi connectivity index (χ0v) is 15.5. The van der Waals surface area contributed by atoms with Crippen LogP contribution in [0.5, 0.6) is 5.75 Å². The summed E-state index contributed by atoms with van der Waals surface area (Å²) in [6, 6.07) is 21.3. The average Bonchev–Trinajstić information content (AvgIpc) is 3.35. The molecule has 2 heterocycles. The van der Waals surface area contributed by atoms with Gasteiger partial charge in [0.25, 0.3) is 5.91 Å². The first-order valence-corrected chi connectivity index (χ1v) is 9.68. The minimum Gasteiger partial charge on any atom is -0.489 e. The smallest absolute Gasteiger partial charge is 0.287 e. The lowest BCUT2D eigenvalue weighted by Gasteiger charge is -2.07. The molecule has 1 N–H and O–H groups in total. The molecule has 27 heavy (non-hydrogen) atoms. The Kier molecular flexibility index (Phi) is 5.21. The Hall–Kier alpha value is -3.05. The number of furan rings is 1. The fourth-order valence-corrected chi connectivity index (χ4v) is 3.64. The lowest BCUT2D eigenvalue weighted by molar-refractivity contribution is 0.0925. The molecule has 136 valence electrons. The molecule has 2 aromatic heterocycles. The predicted octanol–water partition coefficient (Wildman–Crippen LogP) is 5.05. The summed E-state index contributed by atoms with van der Waals surface area (Å²) in [5, 5.41) is 5.89. The van der Waals surface area contributed by atoms with Gasteiger partial charge < -0.3 is 14.5 Å². The number of rotatable bonds is 7. The van der Waals surface area contributed by atoms with Gasteiger partial charge in [0.1, 0.15) is 17.9 Å². The lowest BCUT2D eigenvalue weighted by atomic mass is 10.1. The number of ether oxygens (including phenoxy) is 1. The summed E-state index contributed by atoms with van der Waals surface area (Å²) in [4.78, 5) is 14.0. The Morgan fingerprint density at radius 3 is 2.63 bits per heavy atom. The quantitative estimate of drug-likeness (QED) is 0.490. The minimum atomic E-state index is -0.214. The maximum absolute atomic E-state index is 12.7. The molecule has 4 rings (SSSR count). The first-order chi connectivity index (χ1) is 13.3. The second-order valence-corrected chi connectivity index (χ2v) is 7.13. The van der Waals surface area contributed by atoms with Gasteiger partial charge in [-0.1, -0.05) is 42.5 Å². The number of hydrogen-bond acceptors (Lipinski definition) is 4. The van der Waals surface area contributed by atoms with Crippen molar-refractivity contribution in [2.24, 2.45) is 0 Å². The van der Waals surface area contributed by atoms with Crippen LogP contribution in [0.2, 0.25) is 0 Å². The van der Waals surface area contributed by atoms with Crippen molar-refractivity contribution in [3.8, 4) is 5.75 Å². The van der Waals surface area contributed by atoms with Crippen LogP contribution in [0.25, 0.3) is 11.0 Å². The van der Waals surface area contributed by atoms with Crippen LogP contribution in [0.15, 0.2) is 76.5 Å². The molecule has 0 saturated carbocycles. The van der Waals surface area contributed by atoms with Crippen molar-refractivity contribution in [2.45, 2.75) is 13.0 Å². The molecule has 0 aliphatic heterocycles. The van der Waals surface area contributed by atoms with Crippen LogP contribution in [0, 0.1) is 0 Å². The third-order valence-electron chi connectivity index (χ3n) is 4.27. The number of fused-ring (bicyclic) bond motifs is 1. The second-order valence-electron chi connectivity index (χ2n) is 6.09. The van der Waals surface area contributed by atoms with Crippen molar-refractivity contribution in [1.29, 1.82) is 0 Å². The molecule has 0 unspecified atom stereocenters. The molecule has 0 bridgehead atoms. The molecule has 5 heteroatoms. The highest BCUT2D eigenvalue weighted by atomic mass is 32.1. The number of thiophene rings is 1. The first kappa shape index (κ1) is 17.4. The number of para-hydroxylation sites is 2. The summed E-state index contributed by atoms with van der Waals surface area (Å²) in [5.41, 5.74) is 1.45. The fraction of sp³-hybridized carbons (Fsp3) is 0.136. The van der Waals surface area contributed by atoms with Crippen molar-refractivity contribution in [3.05, 3.63) is 88.3 Å². The highest BCUT2D eigenvalue weighted by Gasteiger charge is 2.20. The molecule has 4 nitrogen and oxygen atoms in total. The fourth-order valence-electron chi connectivity index (χ4n) is 2.93. The lowest BCUT2D eigenvalue weighted by Crippen LogP contribution is -2.26. The maximum Gasteiger partial charge on any atom is 0.287 e. The van der Waals surface area contributed by atoms with Gasteiger partial charge in [0.15, 0.2) is 5.76 Å². The molecule has 4 aromatic rings. The Morgan fingerprint density at radius 1 is 1.00 bits per heavy atom. The molecule has 0 saturated heterocycles. The summed E-state index contributed by atoms with van der Waals surface area (Å²) < 4.78 is 11.7. The maximum atomic E-state index is 12.7. The first-order valence-electron chi connectivity index (χ1n) is 8.80.